The predicted octanol–water partition coefficient (Wildman–Crippen LogP) is 4.14. The van der Waals surface area contributed by atoms with Gasteiger partial charge in [-0.15, -0.1) is 0 Å². The van der Waals surface area contributed by atoms with Crippen LogP contribution in [-0.4, -0.2) is 32.9 Å². The van der Waals surface area contributed by atoms with E-state index >= 15 is 0 Å². The Morgan fingerprint density at radius 3 is 2.26 bits per heavy atom. The summed E-state index contributed by atoms with van der Waals surface area (Å²) >= 11 is 0. The topological polar surface area (TPSA) is 12.5 Å². The van der Waals surface area contributed by atoms with Gasteiger partial charge in [0.05, 0.1) is 6.61 Å². The van der Waals surface area contributed by atoms with E-state index in [1.54, 1.807) is 0 Å². The quantitative estimate of drug-likeness (QED) is 0.630. The van der Waals surface area contributed by atoms with Gasteiger partial charge in [0.15, 0.2) is 8.32 Å². The number of rotatable bonds is 9. The van der Waals surface area contributed by atoms with E-state index in [9.17, 15) is 0 Å². The van der Waals surface area contributed by atoms with Crippen LogP contribution in [0.25, 0.3) is 0 Å². The zero-order valence-corrected chi connectivity index (χ0v) is 14.0. The van der Waals surface area contributed by atoms with Gasteiger partial charge in [-0.2, -0.15) is 0 Å². The molecular weight excluding hydrogens is 250 g/mol. The Morgan fingerprint density at radius 1 is 1.05 bits per heavy atom. The van der Waals surface area contributed by atoms with Gasteiger partial charge in [0.2, 0.25) is 0 Å². The minimum Gasteiger partial charge on any atom is -0.413 e. The van der Waals surface area contributed by atoms with Gasteiger partial charge in [0, 0.05) is 0 Å². The van der Waals surface area contributed by atoms with Crippen LogP contribution in [0.15, 0.2) is 30.3 Å². The van der Waals surface area contributed by atoms with E-state index in [1.807, 2.05) is 0 Å². The highest BCUT2D eigenvalue weighted by molar-refractivity contribution is 6.71. The molecule has 0 saturated carbocycles. The molecule has 0 aliphatic carbocycles. The SMILES string of the molecule is CCN(CC)CCC[Si](C)(C)OCc1ccccc1. The lowest BCUT2D eigenvalue weighted by Crippen LogP contribution is -2.32. The first-order valence-electron chi connectivity index (χ1n) is 7.47. The van der Waals surface area contributed by atoms with E-state index in [1.165, 1.54) is 24.6 Å². The number of hydrogen-bond acceptors (Lipinski definition) is 2. The molecule has 108 valence electrons. The Kier molecular flexibility index (Phi) is 7.35. The van der Waals surface area contributed by atoms with Crippen LogP contribution in [0.1, 0.15) is 25.8 Å². The summed E-state index contributed by atoms with van der Waals surface area (Å²) in [5.41, 5.74) is 1.28. The summed E-state index contributed by atoms with van der Waals surface area (Å²) in [5, 5.41) is 0. The first kappa shape index (κ1) is 16.4. The number of nitrogens with zero attached hydrogens (tertiary/aromatic N) is 1. The Hall–Kier alpha value is -0.643. The fourth-order valence-corrected chi connectivity index (χ4v) is 3.90. The van der Waals surface area contributed by atoms with Crippen molar-refractivity contribution in [3.8, 4) is 0 Å². The monoisotopic (exact) mass is 279 g/mol. The standard InChI is InChI=1S/C16H29NOSi/c1-5-17(6-2)13-10-14-19(3,4)18-15-16-11-8-7-9-12-16/h7-9,11-12H,5-6,10,13-15H2,1-4H3. The Morgan fingerprint density at radius 2 is 1.68 bits per heavy atom. The van der Waals surface area contributed by atoms with Crippen LogP contribution in [0.2, 0.25) is 19.1 Å². The summed E-state index contributed by atoms with van der Waals surface area (Å²) in [6, 6.07) is 11.7. The molecule has 0 aromatic heterocycles. The van der Waals surface area contributed by atoms with E-state index in [4.69, 9.17) is 4.43 Å². The molecule has 0 bridgehead atoms. The van der Waals surface area contributed by atoms with E-state index in [0.29, 0.717) is 0 Å². The lowest BCUT2D eigenvalue weighted by Gasteiger charge is -2.25. The minimum absolute atomic E-state index is 0.769. The fourth-order valence-electron chi connectivity index (χ4n) is 2.19. The fraction of sp³-hybridized carbons (Fsp3) is 0.625. The molecule has 2 nitrogen and oxygen atoms in total. The van der Waals surface area contributed by atoms with Gasteiger partial charge < -0.3 is 9.33 Å². The molecule has 0 unspecified atom stereocenters. The first-order chi connectivity index (χ1) is 9.07. The molecule has 0 amide bonds. The second kappa shape index (κ2) is 8.51. The molecule has 0 N–H and O–H groups in total. The van der Waals surface area contributed by atoms with Crippen LogP contribution in [0.4, 0.5) is 0 Å². The maximum atomic E-state index is 6.18. The molecule has 3 heteroatoms. The second-order valence-corrected chi connectivity index (χ2v) is 9.97. The normalized spacial score (nSPS) is 12.1. The van der Waals surface area contributed by atoms with Crippen LogP contribution >= 0.6 is 0 Å². The van der Waals surface area contributed by atoms with Crippen LogP contribution in [0, 0.1) is 0 Å². The molecule has 0 aliphatic heterocycles. The molecule has 19 heavy (non-hydrogen) atoms. The third kappa shape index (κ3) is 6.90. The molecule has 1 rings (SSSR count). The van der Waals surface area contributed by atoms with Crippen molar-refractivity contribution in [2.45, 2.75) is 46.0 Å². The van der Waals surface area contributed by atoms with Gasteiger partial charge in [-0.1, -0.05) is 44.2 Å². The lowest BCUT2D eigenvalue weighted by molar-refractivity contribution is 0.281. The zero-order valence-electron chi connectivity index (χ0n) is 13.0. The average Bonchev–Trinajstić information content (AvgIpc) is 2.43. The molecule has 0 spiro atoms. The molecule has 0 heterocycles. The lowest BCUT2D eigenvalue weighted by atomic mass is 10.2. The van der Waals surface area contributed by atoms with Gasteiger partial charge >= 0.3 is 0 Å². The van der Waals surface area contributed by atoms with Gasteiger partial charge in [0.1, 0.15) is 0 Å². The van der Waals surface area contributed by atoms with Gasteiger partial charge in [0.25, 0.3) is 0 Å². The van der Waals surface area contributed by atoms with Crippen LogP contribution < -0.4 is 0 Å². The smallest absolute Gasteiger partial charge is 0.187 e. The van der Waals surface area contributed by atoms with Crippen molar-refractivity contribution in [1.82, 2.24) is 4.90 Å². The van der Waals surface area contributed by atoms with Crippen molar-refractivity contribution < 1.29 is 4.43 Å². The van der Waals surface area contributed by atoms with Crippen molar-refractivity contribution in [3.63, 3.8) is 0 Å². The maximum Gasteiger partial charge on any atom is 0.187 e. The third-order valence-electron chi connectivity index (χ3n) is 3.62. The molecule has 0 aliphatic rings. The zero-order chi connectivity index (χ0) is 14.1. The minimum atomic E-state index is -1.51. The van der Waals surface area contributed by atoms with E-state index in [2.05, 4.69) is 62.2 Å². The Labute approximate surface area is 119 Å². The maximum absolute atomic E-state index is 6.18. The Bertz CT molecular complexity index is 336. The van der Waals surface area contributed by atoms with Crippen molar-refractivity contribution in [1.29, 1.82) is 0 Å². The van der Waals surface area contributed by atoms with Gasteiger partial charge in [-0.3, -0.25) is 0 Å². The second-order valence-electron chi connectivity index (χ2n) is 5.66. The average molecular weight is 280 g/mol. The number of benzene rings is 1. The van der Waals surface area contributed by atoms with E-state index in [-0.39, 0.29) is 0 Å². The van der Waals surface area contributed by atoms with Gasteiger partial charge in [-0.05, 0) is 50.8 Å². The molecule has 0 radical (unpaired) electrons. The Balaban J connectivity index is 2.27. The third-order valence-corrected chi connectivity index (χ3v) is 6.10. The molecule has 0 fully saturated rings. The molecular formula is C16H29NOSi. The summed E-state index contributed by atoms with van der Waals surface area (Å²) in [4.78, 5) is 2.49. The molecule has 1 aromatic carbocycles. The predicted molar refractivity (Wildman–Crippen MR) is 85.9 cm³/mol. The van der Waals surface area contributed by atoms with E-state index in [0.717, 1.165) is 19.7 Å². The van der Waals surface area contributed by atoms with Crippen molar-refractivity contribution in [2.75, 3.05) is 19.6 Å². The highest BCUT2D eigenvalue weighted by atomic mass is 28.4. The highest BCUT2D eigenvalue weighted by Gasteiger charge is 2.22. The highest BCUT2D eigenvalue weighted by Crippen LogP contribution is 2.16. The van der Waals surface area contributed by atoms with Crippen molar-refractivity contribution >= 4 is 8.32 Å². The molecule has 0 saturated heterocycles. The number of hydrogen-bond donors (Lipinski definition) is 0. The summed E-state index contributed by atoms with van der Waals surface area (Å²) in [5.74, 6) is 0. The van der Waals surface area contributed by atoms with E-state index < -0.39 is 8.32 Å². The van der Waals surface area contributed by atoms with Crippen molar-refractivity contribution in [3.05, 3.63) is 35.9 Å². The van der Waals surface area contributed by atoms with Crippen LogP contribution in [0.5, 0.6) is 0 Å². The van der Waals surface area contributed by atoms with Gasteiger partial charge in [-0.25, -0.2) is 0 Å². The molecule has 0 atom stereocenters. The summed E-state index contributed by atoms with van der Waals surface area (Å²) in [7, 11) is -1.51. The largest absolute Gasteiger partial charge is 0.413 e. The summed E-state index contributed by atoms with van der Waals surface area (Å²) in [6.07, 6.45) is 1.26. The summed E-state index contributed by atoms with van der Waals surface area (Å²) in [6.45, 7) is 13.4. The van der Waals surface area contributed by atoms with Crippen LogP contribution in [0.3, 0.4) is 0 Å². The first-order valence-corrected chi connectivity index (χ1v) is 10.6. The molecule has 1 aromatic rings. The van der Waals surface area contributed by atoms with Crippen molar-refractivity contribution in [2.24, 2.45) is 0 Å². The summed E-state index contributed by atoms with van der Waals surface area (Å²) < 4.78 is 6.18. The van der Waals surface area contributed by atoms with Crippen LogP contribution in [-0.2, 0) is 11.0 Å².